The third-order valence-electron chi connectivity index (χ3n) is 8.53. The van der Waals surface area contributed by atoms with E-state index in [4.69, 9.17) is 0 Å². The molecule has 3 aromatic carbocycles. The van der Waals surface area contributed by atoms with Gasteiger partial charge in [0.1, 0.15) is 0 Å². The zero-order valence-corrected chi connectivity index (χ0v) is 23.8. The van der Waals surface area contributed by atoms with Crippen LogP contribution in [0.3, 0.4) is 0 Å². The van der Waals surface area contributed by atoms with Gasteiger partial charge in [0.05, 0.1) is 30.2 Å². The van der Waals surface area contributed by atoms with Gasteiger partial charge in [0.25, 0.3) is 0 Å². The molecule has 3 N–H and O–H groups in total. The fraction of sp³-hybridized carbons (Fsp3) is 0.314. The van der Waals surface area contributed by atoms with Crippen molar-refractivity contribution in [3.05, 3.63) is 107 Å². The summed E-state index contributed by atoms with van der Waals surface area (Å²) in [4.78, 5) is 28.5. The number of benzene rings is 3. The van der Waals surface area contributed by atoms with E-state index >= 15 is 0 Å². The Morgan fingerprint density at radius 1 is 1.00 bits per heavy atom. The summed E-state index contributed by atoms with van der Waals surface area (Å²) in [5, 5.41) is 31.9. The van der Waals surface area contributed by atoms with Gasteiger partial charge in [0.2, 0.25) is 11.8 Å². The van der Waals surface area contributed by atoms with Gasteiger partial charge in [-0.25, -0.2) is 4.39 Å². The summed E-state index contributed by atoms with van der Waals surface area (Å²) in [5.74, 6) is -3.77. The number of carbonyl (C=O) groups excluding carboxylic acids is 2. The van der Waals surface area contributed by atoms with Crippen LogP contribution in [0.15, 0.2) is 90.0 Å². The molecule has 0 unspecified atom stereocenters. The minimum Gasteiger partial charge on any atom is -0.505 e. The molecule has 3 aromatic rings. The first-order valence-corrected chi connectivity index (χ1v) is 14.4. The maximum atomic E-state index is 14.1. The van der Waals surface area contributed by atoms with E-state index in [1.165, 1.54) is 17.0 Å². The normalized spacial score (nSPS) is 21.7. The van der Waals surface area contributed by atoms with Crippen LogP contribution in [0.1, 0.15) is 44.2 Å². The Bertz CT molecular complexity index is 1510. The summed E-state index contributed by atoms with van der Waals surface area (Å²) < 4.78 is 14.1. The summed E-state index contributed by atoms with van der Waals surface area (Å²) >= 11 is 0. The highest BCUT2D eigenvalue weighted by molar-refractivity contribution is 6.22. The van der Waals surface area contributed by atoms with E-state index in [1.807, 2.05) is 56.3 Å². The van der Waals surface area contributed by atoms with Crippen molar-refractivity contribution >= 4 is 29.2 Å². The van der Waals surface area contributed by atoms with Crippen molar-refractivity contribution in [2.75, 3.05) is 11.5 Å². The summed E-state index contributed by atoms with van der Waals surface area (Å²) in [6, 6.07) is 22.6. The van der Waals surface area contributed by atoms with Crippen molar-refractivity contribution in [2.24, 2.45) is 23.7 Å². The predicted octanol–water partition coefficient (Wildman–Crippen LogP) is 5.98. The maximum absolute atomic E-state index is 14.1. The van der Waals surface area contributed by atoms with Gasteiger partial charge < -0.3 is 15.3 Å². The Kier molecular flexibility index (Phi) is 8.71. The number of hydrogen-bond donors (Lipinski definition) is 3. The summed E-state index contributed by atoms with van der Waals surface area (Å²) in [6.45, 7) is 3.64. The fourth-order valence-electron chi connectivity index (χ4n) is 6.49. The maximum Gasteiger partial charge on any atom is 0.238 e. The molecule has 218 valence electrons. The number of imide groups is 1. The van der Waals surface area contributed by atoms with Crippen molar-refractivity contribution in [1.29, 1.82) is 0 Å². The molecular formula is C35H36FNO5. The van der Waals surface area contributed by atoms with Crippen molar-refractivity contribution in [1.82, 2.24) is 0 Å². The van der Waals surface area contributed by atoms with Crippen LogP contribution in [0.25, 0.3) is 11.6 Å². The number of aliphatic hydroxyl groups excluding tert-OH is 2. The zero-order chi connectivity index (χ0) is 30.0. The lowest BCUT2D eigenvalue weighted by molar-refractivity contribution is -0.123. The Hall–Kier alpha value is -4.07. The topological polar surface area (TPSA) is 98.1 Å². The number of amides is 2. The lowest BCUT2D eigenvalue weighted by Gasteiger charge is -2.38. The first kappa shape index (κ1) is 29.4. The number of anilines is 1. The number of para-hydroxylation sites is 1. The third-order valence-corrected chi connectivity index (χ3v) is 8.53. The highest BCUT2D eigenvalue weighted by Gasteiger charge is 2.55. The summed E-state index contributed by atoms with van der Waals surface area (Å²) in [5.41, 5.74) is 4.41. The molecule has 1 fully saturated rings. The lowest BCUT2D eigenvalue weighted by Crippen LogP contribution is -2.39. The predicted molar refractivity (Wildman–Crippen MR) is 161 cm³/mol. The van der Waals surface area contributed by atoms with E-state index in [9.17, 15) is 29.3 Å². The van der Waals surface area contributed by atoms with E-state index < -0.39 is 35.4 Å². The SMILES string of the molecule is CC(C)C1=C([C@H](O)CC/C(=C/c2ccc(O)c(F)c2)c2ccccc2)[C@H](CO)[C@@H]2C(=O)N(c3ccccc3)C(=O)[C@@H]2C1. The monoisotopic (exact) mass is 569 g/mol. The van der Waals surface area contributed by atoms with Crippen molar-refractivity contribution in [3.8, 4) is 5.75 Å². The number of carbonyl (C=O) groups is 2. The van der Waals surface area contributed by atoms with E-state index in [1.54, 1.807) is 30.3 Å². The van der Waals surface area contributed by atoms with Gasteiger partial charge in [0, 0.05) is 5.92 Å². The standard InChI is InChI=1S/C35H36FNO5/c1-21(2)26-19-27-33(35(42)37(34(27)41)25-11-7-4-8-12-25)28(20-38)32(26)31(40)16-14-24(23-9-5-3-6-10-23)17-22-13-15-30(39)29(36)18-22/h3-13,15,17-18,21,27-28,31,33,38-40H,14,16,19-20H2,1-2H3/b24-17-/t27-,28+,31-,33-/m1/s1. The Balaban J connectivity index is 1.46. The number of hydrogen-bond acceptors (Lipinski definition) is 5. The van der Waals surface area contributed by atoms with E-state index in [-0.39, 0.29) is 24.3 Å². The van der Waals surface area contributed by atoms with Crippen molar-refractivity contribution < 1.29 is 29.3 Å². The smallest absolute Gasteiger partial charge is 0.238 e. The first-order chi connectivity index (χ1) is 20.2. The number of allylic oxidation sites excluding steroid dienone is 2. The van der Waals surface area contributed by atoms with Crippen LogP contribution in [-0.4, -0.2) is 39.8 Å². The Morgan fingerprint density at radius 2 is 1.67 bits per heavy atom. The molecule has 7 heteroatoms. The molecule has 0 radical (unpaired) electrons. The molecule has 1 heterocycles. The van der Waals surface area contributed by atoms with E-state index in [0.717, 1.165) is 16.7 Å². The van der Waals surface area contributed by atoms with Crippen LogP contribution in [0.4, 0.5) is 10.1 Å². The number of nitrogens with zero attached hydrogens (tertiary/aromatic N) is 1. The van der Waals surface area contributed by atoms with Crippen LogP contribution >= 0.6 is 0 Å². The number of rotatable bonds is 9. The second kappa shape index (κ2) is 12.4. The molecule has 2 amide bonds. The second-order valence-electron chi connectivity index (χ2n) is 11.4. The molecular weight excluding hydrogens is 533 g/mol. The van der Waals surface area contributed by atoms with Gasteiger partial charge in [-0.2, -0.15) is 0 Å². The Morgan fingerprint density at radius 3 is 2.29 bits per heavy atom. The summed E-state index contributed by atoms with van der Waals surface area (Å²) in [6.07, 6.45) is 1.95. The number of phenols is 1. The second-order valence-corrected chi connectivity index (χ2v) is 11.4. The largest absolute Gasteiger partial charge is 0.505 e. The molecule has 42 heavy (non-hydrogen) atoms. The van der Waals surface area contributed by atoms with E-state index in [0.29, 0.717) is 36.1 Å². The number of aliphatic hydroxyl groups is 2. The molecule has 6 nitrogen and oxygen atoms in total. The molecule has 4 atom stereocenters. The molecule has 1 saturated heterocycles. The average molecular weight is 570 g/mol. The van der Waals surface area contributed by atoms with Crippen LogP contribution in [0, 0.1) is 29.5 Å². The summed E-state index contributed by atoms with van der Waals surface area (Å²) in [7, 11) is 0. The third kappa shape index (κ3) is 5.67. The number of aromatic hydroxyl groups is 1. The van der Waals surface area contributed by atoms with Gasteiger partial charge in [-0.05, 0) is 71.7 Å². The van der Waals surface area contributed by atoms with Gasteiger partial charge in [0.15, 0.2) is 11.6 Å². The molecule has 1 aliphatic heterocycles. The van der Waals surface area contributed by atoms with Crippen LogP contribution in [0.5, 0.6) is 5.75 Å². The van der Waals surface area contributed by atoms with Gasteiger partial charge >= 0.3 is 0 Å². The van der Waals surface area contributed by atoms with Gasteiger partial charge in [-0.3, -0.25) is 14.5 Å². The molecule has 0 bridgehead atoms. The average Bonchev–Trinajstić information content (AvgIpc) is 3.25. The number of halogens is 1. The van der Waals surface area contributed by atoms with Crippen LogP contribution in [0.2, 0.25) is 0 Å². The van der Waals surface area contributed by atoms with E-state index in [2.05, 4.69) is 0 Å². The number of phenolic OH excluding ortho intramolecular Hbond substituents is 1. The zero-order valence-electron chi connectivity index (χ0n) is 23.8. The van der Waals surface area contributed by atoms with Gasteiger partial charge in [-0.1, -0.05) is 80.1 Å². The highest BCUT2D eigenvalue weighted by Crippen LogP contribution is 2.49. The molecule has 0 spiro atoms. The first-order valence-electron chi connectivity index (χ1n) is 14.4. The van der Waals surface area contributed by atoms with Crippen molar-refractivity contribution in [3.63, 3.8) is 0 Å². The molecule has 0 aromatic heterocycles. The lowest BCUT2D eigenvalue weighted by atomic mass is 9.66. The van der Waals surface area contributed by atoms with Gasteiger partial charge in [-0.15, -0.1) is 0 Å². The molecule has 1 aliphatic carbocycles. The quantitative estimate of drug-likeness (QED) is 0.167. The fourth-order valence-corrected chi connectivity index (χ4v) is 6.49. The van der Waals surface area contributed by atoms with Crippen LogP contribution < -0.4 is 4.90 Å². The van der Waals surface area contributed by atoms with Crippen LogP contribution in [-0.2, 0) is 9.59 Å². The highest BCUT2D eigenvalue weighted by atomic mass is 19.1. The molecule has 5 rings (SSSR count). The minimum absolute atomic E-state index is 0.00225. The molecule has 2 aliphatic rings. The molecule has 0 saturated carbocycles. The Labute approximate surface area is 245 Å². The van der Waals surface area contributed by atoms with Crippen molar-refractivity contribution in [2.45, 2.75) is 39.2 Å². The number of fused-ring (bicyclic) bond motifs is 1. The minimum atomic E-state index is -0.960.